The van der Waals surface area contributed by atoms with Crippen molar-refractivity contribution in [3.63, 3.8) is 0 Å². The number of aryl methyl sites for hydroxylation is 2. The average molecular weight is 378 g/mol. The third-order valence-electron chi connectivity index (χ3n) is 3.67. The van der Waals surface area contributed by atoms with Crippen LogP contribution in [0.25, 0.3) is 0 Å². The summed E-state index contributed by atoms with van der Waals surface area (Å²) in [5.74, 6) is 1.31. The molecule has 0 atom stereocenters. The Hall–Kier alpha value is -2.19. The van der Waals surface area contributed by atoms with Crippen molar-refractivity contribution in [2.24, 2.45) is 0 Å². The molecule has 7 nitrogen and oxygen atoms in total. The predicted molar refractivity (Wildman–Crippen MR) is 106 cm³/mol. The lowest BCUT2D eigenvalue weighted by molar-refractivity contribution is 0.579. The third-order valence-corrected chi connectivity index (χ3v) is 5.14. The molecule has 1 aromatic carbocycles. The summed E-state index contributed by atoms with van der Waals surface area (Å²) in [7, 11) is -3.20. The number of benzene rings is 1. The summed E-state index contributed by atoms with van der Waals surface area (Å²) in [5, 5.41) is 6.31. The Bertz CT molecular complexity index is 807. The molecule has 3 N–H and O–H groups in total. The quantitative estimate of drug-likeness (QED) is 0.551. The zero-order valence-electron chi connectivity index (χ0n) is 15.5. The number of unbranched alkanes of at least 4 members (excludes halogenated alkanes) is 1. The minimum atomic E-state index is -3.20. The van der Waals surface area contributed by atoms with Gasteiger partial charge in [0.05, 0.1) is 5.75 Å². The zero-order valence-corrected chi connectivity index (χ0v) is 16.4. The number of hydrogen-bond donors (Lipinski definition) is 3. The molecule has 1 aromatic heterocycles. The molecule has 0 aliphatic rings. The zero-order chi connectivity index (χ0) is 19.0. The lowest BCUT2D eigenvalue weighted by Crippen LogP contribution is -2.31. The van der Waals surface area contributed by atoms with Crippen molar-refractivity contribution in [1.82, 2.24) is 14.7 Å². The van der Waals surface area contributed by atoms with E-state index in [2.05, 4.69) is 25.3 Å². The minimum absolute atomic E-state index is 0.162. The van der Waals surface area contributed by atoms with Crippen LogP contribution in [0.2, 0.25) is 0 Å². The largest absolute Gasteiger partial charge is 0.353 e. The molecule has 0 fully saturated rings. The molecule has 2 rings (SSSR count). The maximum Gasteiger partial charge on any atom is 0.224 e. The molecule has 0 radical (unpaired) electrons. The van der Waals surface area contributed by atoms with Crippen molar-refractivity contribution in [3.05, 3.63) is 41.6 Å². The molecule has 2 aromatic rings. The van der Waals surface area contributed by atoms with Gasteiger partial charge in [-0.15, -0.1) is 0 Å². The molecule has 0 aliphatic carbocycles. The number of anilines is 3. The van der Waals surface area contributed by atoms with Gasteiger partial charge in [-0.05, 0) is 32.4 Å². The van der Waals surface area contributed by atoms with E-state index in [-0.39, 0.29) is 5.75 Å². The molecule has 0 saturated heterocycles. The lowest BCUT2D eigenvalue weighted by atomic mass is 10.2. The van der Waals surface area contributed by atoms with Gasteiger partial charge in [-0.3, -0.25) is 0 Å². The highest BCUT2D eigenvalue weighted by Crippen LogP contribution is 2.17. The highest BCUT2D eigenvalue weighted by atomic mass is 32.2. The van der Waals surface area contributed by atoms with E-state index in [1.807, 2.05) is 51.1 Å². The molecule has 1 heterocycles. The number of aromatic nitrogens is 2. The first-order chi connectivity index (χ1) is 12.4. The Morgan fingerprint density at radius 2 is 1.77 bits per heavy atom. The topological polar surface area (TPSA) is 96.0 Å². The predicted octanol–water partition coefficient (Wildman–Crippen LogP) is 2.97. The van der Waals surface area contributed by atoms with Crippen LogP contribution >= 0.6 is 0 Å². The first-order valence-corrected chi connectivity index (χ1v) is 10.4. The molecule has 8 heteroatoms. The fourth-order valence-electron chi connectivity index (χ4n) is 2.28. The van der Waals surface area contributed by atoms with Crippen LogP contribution in [0.4, 0.5) is 17.5 Å². The maximum atomic E-state index is 11.8. The third kappa shape index (κ3) is 6.97. The summed E-state index contributed by atoms with van der Waals surface area (Å²) < 4.78 is 26.1. The Kier molecular flexibility index (Phi) is 7.35. The Morgan fingerprint density at radius 3 is 2.46 bits per heavy atom. The Labute approximate surface area is 155 Å². The van der Waals surface area contributed by atoms with Gasteiger partial charge in [-0.25, -0.2) is 18.1 Å². The highest BCUT2D eigenvalue weighted by Gasteiger charge is 2.08. The van der Waals surface area contributed by atoms with Gasteiger partial charge in [0.2, 0.25) is 16.0 Å². The first-order valence-electron chi connectivity index (χ1n) is 8.78. The molecule has 0 amide bonds. The van der Waals surface area contributed by atoms with Gasteiger partial charge in [0.25, 0.3) is 0 Å². The van der Waals surface area contributed by atoms with Gasteiger partial charge < -0.3 is 10.6 Å². The van der Waals surface area contributed by atoms with Gasteiger partial charge in [-0.2, -0.15) is 4.98 Å². The van der Waals surface area contributed by atoms with Crippen LogP contribution in [0.5, 0.6) is 0 Å². The van der Waals surface area contributed by atoms with Crippen molar-refractivity contribution in [2.75, 3.05) is 29.5 Å². The lowest BCUT2D eigenvalue weighted by Gasteiger charge is -2.11. The number of rotatable bonds is 10. The van der Waals surface area contributed by atoms with E-state index >= 15 is 0 Å². The molecular formula is C18H27N5O2S. The van der Waals surface area contributed by atoms with E-state index in [1.165, 1.54) is 5.56 Å². The summed E-state index contributed by atoms with van der Waals surface area (Å²) in [6.45, 7) is 6.61. The maximum absolute atomic E-state index is 11.8. The fraction of sp³-hybridized carbons (Fsp3) is 0.444. The molecule has 0 spiro atoms. The first kappa shape index (κ1) is 20.1. The number of sulfonamides is 1. The molecule has 0 unspecified atom stereocenters. The molecule has 0 aliphatic heterocycles. The van der Waals surface area contributed by atoms with Crippen molar-refractivity contribution in [1.29, 1.82) is 0 Å². The fourth-order valence-corrected chi connectivity index (χ4v) is 3.51. The number of nitrogens with zero attached hydrogens (tertiary/aromatic N) is 2. The van der Waals surface area contributed by atoms with E-state index in [9.17, 15) is 8.42 Å². The van der Waals surface area contributed by atoms with Crippen LogP contribution < -0.4 is 15.4 Å². The molecule has 0 bridgehead atoms. The summed E-state index contributed by atoms with van der Waals surface area (Å²) in [5.41, 5.74) is 2.96. The van der Waals surface area contributed by atoms with E-state index in [0.29, 0.717) is 31.3 Å². The second-order valence-corrected chi connectivity index (χ2v) is 8.13. The van der Waals surface area contributed by atoms with Crippen LogP contribution in [0.15, 0.2) is 30.3 Å². The van der Waals surface area contributed by atoms with Gasteiger partial charge in [0, 0.05) is 30.5 Å². The van der Waals surface area contributed by atoms with E-state index < -0.39 is 10.0 Å². The van der Waals surface area contributed by atoms with Gasteiger partial charge >= 0.3 is 0 Å². The van der Waals surface area contributed by atoms with Crippen LogP contribution in [0.3, 0.4) is 0 Å². The number of hydrogen-bond acceptors (Lipinski definition) is 6. The van der Waals surface area contributed by atoms with Crippen LogP contribution in [-0.2, 0) is 10.0 Å². The normalized spacial score (nSPS) is 11.3. The van der Waals surface area contributed by atoms with Crippen molar-refractivity contribution >= 4 is 27.5 Å². The summed E-state index contributed by atoms with van der Waals surface area (Å²) in [6.07, 6.45) is 1.52. The SMILES string of the molecule is CCCCS(=O)(=O)NCCNc1nc(C)cc(Nc2ccc(C)cc2)n1. The van der Waals surface area contributed by atoms with Crippen molar-refractivity contribution in [2.45, 2.75) is 33.6 Å². The van der Waals surface area contributed by atoms with Crippen LogP contribution in [0, 0.1) is 13.8 Å². The van der Waals surface area contributed by atoms with E-state index in [1.54, 1.807) is 0 Å². The second kappa shape index (κ2) is 9.49. The Morgan fingerprint density at radius 1 is 1.04 bits per heavy atom. The van der Waals surface area contributed by atoms with Crippen LogP contribution in [0.1, 0.15) is 31.0 Å². The van der Waals surface area contributed by atoms with Gasteiger partial charge in [0.1, 0.15) is 5.82 Å². The standard InChI is InChI=1S/C18H27N5O2S/c1-4-5-12-26(24,25)20-11-10-19-18-21-15(3)13-17(23-18)22-16-8-6-14(2)7-9-16/h6-9,13,20H,4-5,10-12H2,1-3H3,(H2,19,21,22,23). The molecule has 0 saturated carbocycles. The van der Waals surface area contributed by atoms with Gasteiger partial charge in [0.15, 0.2) is 0 Å². The average Bonchev–Trinajstić information content (AvgIpc) is 2.59. The molecule has 26 heavy (non-hydrogen) atoms. The second-order valence-electron chi connectivity index (χ2n) is 6.20. The van der Waals surface area contributed by atoms with Crippen molar-refractivity contribution in [3.8, 4) is 0 Å². The van der Waals surface area contributed by atoms with E-state index in [0.717, 1.165) is 17.8 Å². The highest BCUT2D eigenvalue weighted by molar-refractivity contribution is 7.89. The number of nitrogens with one attached hydrogen (secondary N) is 3. The molecule has 142 valence electrons. The van der Waals surface area contributed by atoms with Gasteiger partial charge in [-0.1, -0.05) is 31.0 Å². The van der Waals surface area contributed by atoms with Crippen molar-refractivity contribution < 1.29 is 8.42 Å². The summed E-state index contributed by atoms with van der Waals surface area (Å²) >= 11 is 0. The minimum Gasteiger partial charge on any atom is -0.353 e. The van der Waals surface area contributed by atoms with Crippen LogP contribution in [-0.4, -0.2) is 37.2 Å². The smallest absolute Gasteiger partial charge is 0.224 e. The Balaban J connectivity index is 1.89. The monoisotopic (exact) mass is 377 g/mol. The van der Waals surface area contributed by atoms with E-state index in [4.69, 9.17) is 0 Å². The summed E-state index contributed by atoms with van der Waals surface area (Å²) in [4.78, 5) is 8.76. The summed E-state index contributed by atoms with van der Waals surface area (Å²) in [6, 6.07) is 9.90. The molecular weight excluding hydrogens is 350 g/mol.